The number of carbonyl (C=O) groups is 1. The van der Waals surface area contributed by atoms with Crippen molar-refractivity contribution in [3.63, 3.8) is 0 Å². The molecule has 0 aromatic carbocycles. The molecule has 0 bridgehead atoms. The Bertz CT molecular complexity index is 703. The van der Waals surface area contributed by atoms with Crippen molar-refractivity contribution in [2.45, 2.75) is 50.7 Å². The zero-order valence-corrected chi connectivity index (χ0v) is 15.5. The topological polar surface area (TPSA) is 96.2 Å². The van der Waals surface area contributed by atoms with Crippen LogP contribution in [0.2, 0.25) is 0 Å². The number of halogens is 3. The first-order valence-electron chi connectivity index (χ1n) is 9.69. The third-order valence-electron chi connectivity index (χ3n) is 6.48. The van der Waals surface area contributed by atoms with E-state index in [4.69, 9.17) is 5.84 Å². The summed E-state index contributed by atoms with van der Waals surface area (Å²) in [5.74, 6) is 4.38. The highest BCUT2D eigenvalue weighted by Crippen LogP contribution is 2.59. The lowest BCUT2D eigenvalue weighted by atomic mass is 9.50. The lowest BCUT2D eigenvalue weighted by Gasteiger charge is -2.57. The van der Waals surface area contributed by atoms with Crippen molar-refractivity contribution in [2.24, 2.45) is 23.1 Å². The van der Waals surface area contributed by atoms with E-state index in [-0.39, 0.29) is 30.1 Å². The molecule has 1 amide bonds. The molecular formula is C18H25F3N6O. The van der Waals surface area contributed by atoms with E-state index in [0.717, 1.165) is 31.4 Å². The molecule has 1 aromatic heterocycles. The van der Waals surface area contributed by atoms with Gasteiger partial charge in [0.1, 0.15) is 0 Å². The van der Waals surface area contributed by atoms with Gasteiger partial charge in [-0.2, -0.15) is 13.2 Å². The predicted molar refractivity (Wildman–Crippen MR) is 97.2 cm³/mol. The van der Waals surface area contributed by atoms with Gasteiger partial charge in [0.25, 0.3) is 0 Å². The van der Waals surface area contributed by atoms with Crippen LogP contribution in [0.4, 0.5) is 24.8 Å². The lowest BCUT2D eigenvalue weighted by Crippen LogP contribution is -2.56. The smallest absolute Gasteiger partial charge is 0.380 e. The summed E-state index contributed by atoms with van der Waals surface area (Å²) in [6.45, 7) is 0.638. The minimum atomic E-state index is -4.12. The molecule has 2 heterocycles. The summed E-state index contributed by atoms with van der Waals surface area (Å²) in [6.07, 6.45) is 3.22. The fourth-order valence-electron chi connectivity index (χ4n) is 4.91. The van der Waals surface area contributed by atoms with Crippen molar-refractivity contribution in [3.8, 4) is 0 Å². The molecule has 7 nitrogen and oxygen atoms in total. The standard InChI is InChI=1S/C18H25F3N6O/c19-18(20,21)12-1-3-27(4-2-12)16-23-9-14(10-24-16)25-13-7-17(8-13)5-11(6-17)15(28)26-22/h9-13,25H,1-8,22H2,(H,26,28). The second kappa shape index (κ2) is 7.06. The van der Waals surface area contributed by atoms with Crippen molar-refractivity contribution in [2.75, 3.05) is 23.3 Å². The van der Waals surface area contributed by atoms with Crippen molar-refractivity contribution in [1.29, 1.82) is 0 Å². The van der Waals surface area contributed by atoms with Gasteiger partial charge in [-0.25, -0.2) is 15.8 Å². The molecule has 2 aliphatic carbocycles. The van der Waals surface area contributed by atoms with Gasteiger partial charge >= 0.3 is 6.18 Å². The van der Waals surface area contributed by atoms with Gasteiger partial charge in [0.2, 0.25) is 11.9 Å². The van der Waals surface area contributed by atoms with Crippen LogP contribution in [0.25, 0.3) is 0 Å². The van der Waals surface area contributed by atoms with E-state index in [1.807, 2.05) is 0 Å². The number of alkyl halides is 3. The highest BCUT2D eigenvalue weighted by molar-refractivity contribution is 5.79. The molecule has 3 aliphatic rings. The molecule has 4 N–H and O–H groups in total. The molecule has 2 saturated carbocycles. The molecule has 10 heteroatoms. The molecule has 1 spiro atoms. The molecule has 1 aromatic rings. The van der Waals surface area contributed by atoms with Crippen LogP contribution in [0.3, 0.4) is 0 Å². The summed E-state index contributed by atoms with van der Waals surface area (Å²) in [5.41, 5.74) is 3.29. The zero-order valence-electron chi connectivity index (χ0n) is 15.5. The van der Waals surface area contributed by atoms with Crippen LogP contribution in [0.15, 0.2) is 12.4 Å². The fraction of sp³-hybridized carbons (Fsp3) is 0.722. The maximum Gasteiger partial charge on any atom is 0.391 e. The SMILES string of the molecule is NNC(=O)C1CC2(CC(Nc3cnc(N4CCC(C(F)(F)F)CC4)nc3)C2)C1. The largest absolute Gasteiger partial charge is 0.391 e. The van der Waals surface area contributed by atoms with Gasteiger partial charge in [0.05, 0.1) is 24.0 Å². The van der Waals surface area contributed by atoms with Crippen LogP contribution < -0.4 is 21.5 Å². The summed E-state index contributed by atoms with van der Waals surface area (Å²) in [7, 11) is 0. The normalized spacial score (nSPS) is 30.5. The average molecular weight is 398 g/mol. The number of aromatic nitrogens is 2. The maximum atomic E-state index is 12.8. The third-order valence-corrected chi connectivity index (χ3v) is 6.48. The predicted octanol–water partition coefficient (Wildman–Crippen LogP) is 2.22. The van der Waals surface area contributed by atoms with Crippen LogP contribution in [0, 0.1) is 17.3 Å². The average Bonchev–Trinajstić information content (AvgIpc) is 2.62. The van der Waals surface area contributed by atoms with Gasteiger partial charge in [0.15, 0.2) is 0 Å². The number of amides is 1. The van der Waals surface area contributed by atoms with Crippen molar-refractivity contribution >= 4 is 17.5 Å². The van der Waals surface area contributed by atoms with Crippen molar-refractivity contribution in [1.82, 2.24) is 15.4 Å². The zero-order chi connectivity index (χ0) is 19.9. The number of nitrogens with two attached hydrogens (primary N) is 1. The number of carbonyl (C=O) groups excluding carboxylic acids is 1. The van der Waals surface area contributed by atoms with Gasteiger partial charge in [-0.05, 0) is 43.9 Å². The molecule has 3 fully saturated rings. The molecular weight excluding hydrogens is 373 g/mol. The minimum Gasteiger partial charge on any atom is -0.380 e. The Hall–Kier alpha value is -2.10. The van der Waals surface area contributed by atoms with E-state index < -0.39 is 12.1 Å². The summed E-state index contributed by atoms with van der Waals surface area (Å²) >= 11 is 0. The Balaban J connectivity index is 1.23. The molecule has 28 heavy (non-hydrogen) atoms. The third kappa shape index (κ3) is 3.74. The highest BCUT2D eigenvalue weighted by atomic mass is 19.4. The monoisotopic (exact) mass is 398 g/mol. The summed E-state index contributed by atoms with van der Waals surface area (Å²) in [4.78, 5) is 21.9. The summed E-state index contributed by atoms with van der Waals surface area (Å²) in [5, 5.41) is 3.40. The number of hydrogen-bond donors (Lipinski definition) is 3. The second-order valence-corrected chi connectivity index (χ2v) is 8.44. The molecule has 154 valence electrons. The first kappa shape index (κ1) is 19.2. The Morgan fingerprint density at radius 2 is 1.75 bits per heavy atom. The first-order chi connectivity index (χ1) is 13.3. The fourth-order valence-corrected chi connectivity index (χ4v) is 4.91. The maximum absolute atomic E-state index is 12.8. The number of hydrazine groups is 1. The van der Waals surface area contributed by atoms with E-state index in [9.17, 15) is 18.0 Å². The highest BCUT2D eigenvalue weighted by Gasteiger charge is 2.54. The van der Waals surface area contributed by atoms with Gasteiger partial charge in [-0.15, -0.1) is 0 Å². The van der Waals surface area contributed by atoms with Gasteiger partial charge in [-0.1, -0.05) is 0 Å². The van der Waals surface area contributed by atoms with E-state index in [0.29, 0.717) is 25.1 Å². The quantitative estimate of drug-likeness (QED) is 0.409. The van der Waals surface area contributed by atoms with Crippen molar-refractivity contribution in [3.05, 3.63) is 12.4 Å². The van der Waals surface area contributed by atoms with Crippen LogP contribution in [-0.2, 0) is 4.79 Å². The van der Waals surface area contributed by atoms with Gasteiger partial charge in [-0.3, -0.25) is 10.2 Å². The van der Waals surface area contributed by atoms with Crippen molar-refractivity contribution < 1.29 is 18.0 Å². The number of nitrogens with one attached hydrogen (secondary N) is 2. The molecule has 0 radical (unpaired) electrons. The van der Waals surface area contributed by atoms with Gasteiger partial charge in [0, 0.05) is 25.0 Å². The molecule has 1 saturated heterocycles. The van der Waals surface area contributed by atoms with Crippen LogP contribution >= 0.6 is 0 Å². The van der Waals surface area contributed by atoms with Gasteiger partial charge < -0.3 is 10.2 Å². The van der Waals surface area contributed by atoms with Crippen LogP contribution in [0.1, 0.15) is 38.5 Å². The Morgan fingerprint density at radius 1 is 1.14 bits per heavy atom. The molecule has 0 unspecified atom stereocenters. The minimum absolute atomic E-state index is 0.0371. The molecule has 4 rings (SSSR count). The van der Waals surface area contributed by atoms with Crippen LogP contribution in [0.5, 0.6) is 0 Å². The van der Waals surface area contributed by atoms with Crippen LogP contribution in [-0.4, -0.2) is 41.2 Å². The van der Waals surface area contributed by atoms with E-state index in [2.05, 4.69) is 20.7 Å². The Morgan fingerprint density at radius 3 is 2.29 bits per heavy atom. The first-order valence-corrected chi connectivity index (χ1v) is 9.69. The Labute approximate surface area is 161 Å². The second-order valence-electron chi connectivity index (χ2n) is 8.44. The Kier molecular flexibility index (Phi) is 4.84. The molecule has 1 aliphatic heterocycles. The number of nitrogens with zero attached hydrogens (tertiary/aromatic N) is 3. The molecule has 0 atom stereocenters. The number of hydrogen-bond acceptors (Lipinski definition) is 6. The number of piperidine rings is 1. The lowest BCUT2D eigenvalue weighted by molar-refractivity contribution is -0.179. The number of anilines is 2. The van der Waals surface area contributed by atoms with E-state index in [1.165, 1.54) is 0 Å². The summed E-state index contributed by atoms with van der Waals surface area (Å²) < 4.78 is 38.3. The number of rotatable bonds is 4. The van der Waals surface area contributed by atoms with E-state index >= 15 is 0 Å². The summed E-state index contributed by atoms with van der Waals surface area (Å²) in [6, 6.07) is 0.332. The van der Waals surface area contributed by atoms with E-state index in [1.54, 1.807) is 17.3 Å².